The lowest BCUT2D eigenvalue weighted by molar-refractivity contribution is 0.431. The number of hydrogen-bond donors (Lipinski definition) is 1. The maximum atomic E-state index is 13.3. The Morgan fingerprint density at radius 1 is 1.00 bits per heavy atom. The number of phenolic OH excluding ortho intramolecular Hbond substituents is 1. The molecule has 1 N–H and O–H groups in total. The Hall–Kier alpha value is -1.90. The molecule has 0 bridgehead atoms. The fraction of sp³-hybridized carbons (Fsp3) is 0.200. The predicted octanol–water partition coefficient (Wildman–Crippen LogP) is 4.21. The van der Waals surface area contributed by atoms with E-state index in [-0.39, 0.29) is 17.5 Å². The van der Waals surface area contributed by atoms with Gasteiger partial charge >= 0.3 is 0 Å². The summed E-state index contributed by atoms with van der Waals surface area (Å²) < 4.78 is 26.2. The largest absolute Gasteiger partial charge is 0.505 e. The van der Waals surface area contributed by atoms with Gasteiger partial charge in [-0.2, -0.15) is 0 Å². The lowest BCUT2D eigenvalue weighted by Crippen LogP contribution is -2.00. The van der Waals surface area contributed by atoms with E-state index in [0.29, 0.717) is 0 Å². The van der Waals surface area contributed by atoms with Gasteiger partial charge in [-0.1, -0.05) is 25.1 Å². The highest BCUT2D eigenvalue weighted by Crippen LogP contribution is 2.30. The van der Waals surface area contributed by atoms with Crippen LogP contribution in [0.15, 0.2) is 42.5 Å². The van der Waals surface area contributed by atoms with Crippen LogP contribution in [-0.4, -0.2) is 5.11 Å². The molecule has 0 aromatic heterocycles. The molecule has 2 rings (SSSR count). The molecule has 0 aliphatic rings. The molecular formula is C15H14F2O. The molecule has 1 atom stereocenters. The molecule has 0 aliphatic carbocycles. The minimum atomic E-state index is -0.631. The van der Waals surface area contributed by atoms with E-state index in [0.717, 1.165) is 17.5 Å². The third-order valence-electron chi connectivity index (χ3n) is 3.05. The van der Waals surface area contributed by atoms with Gasteiger partial charge in [0, 0.05) is 5.92 Å². The molecule has 1 nitrogen and oxygen atoms in total. The molecule has 0 spiro atoms. The Labute approximate surface area is 105 Å². The number of rotatable bonds is 3. The Kier molecular flexibility index (Phi) is 3.60. The van der Waals surface area contributed by atoms with E-state index in [1.807, 2.05) is 6.92 Å². The van der Waals surface area contributed by atoms with E-state index in [1.54, 1.807) is 18.2 Å². The van der Waals surface area contributed by atoms with E-state index in [4.69, 9.17) is 0 Å². The maximum absolute atomic E-state index is 13.3. The van der Waals surface area contributed by atoms with Crippen LogP contribution >= 0.6 is 0 Å². The van der Waals surface area contributed by atoms with E-state index in [2.05, 4.69) is 0 Å². The molecule has 2 aromatic carbocycles. The van der Waals surface area contributed by atoms with Crippen molar-refractivity contribution in [1.29, 1.82) is 0 Å². The number of phenols is 1. The van der Waals surface area contributed by atoms with Crippen LogP contribution in [0, 0.1) is 11.6 Å². The Balaban J connectivity index is 2.38. The van der Waals surface area contributed by atoms with Crippen LogP contribution in [0.3, 0.4) is 0 Å². The second-order valence-corrected chi connectivity index (χ2v) is 4.22. The molecule has 0 radical (unpaired) electrons. The normalized spacial score (nSPS) is 12.4. The summed E-state index contributed by atoms with van der Waals surface area (Å²) in [7, 11) is 0. The lowest BCUT2D eigenvalue weighted by Gasteiger charge is -2.16. The molecule has 0 saturated heterocycles. The van der Waals surface area contributed by atoms with E-state index in [9.17, 15) is 13.9 Å². The minimum absolute atomic E-state index is 0.000648. The third-order valence-corrected chi connectivity index (χ3v) is 3.05. The second-order valence-electron chi connectivity index (χ2n) is 4.22. The van der Waals surface area contributed by atoms with Crippen molar-refractivity contribution < 1.29 is 13.9 Å². The average molecular weight is 248 g/mol. The van der Waals surface area contributed by atoms with Gasteiger partial charge in [0.05, 0.1) is 0 Å². The average Bonchev–Trinajstić information content (AvgIpc) is 2.37. The summed E-state index contributed by atoms with van der Waals surface area (Å²) in [6.07, 6.45) is 0.774. The zero-order valence-corrected chi connectivity index (χ0v) is 10.0. The summed E-state index contributed by atoms with van der Waals surface area (Å²) in [4.78, 5) is 0. The first-order valence-electron chi connectivity index (χ1n) is 5.85. The highest BCUT2D eigenvalue weighted by atomic mass is 19.1. The standard InChI is InChI=1S/C15H14F2O/c1-2-13(10-3-6-12(16)7-4-10)11-5-8-15(18)14(17)9-11/h3-9,13,18H,2H2,1H3. The molecule has 0 fully saturated rings. The fourth-order valence-electron chi connectivity index (χ4n) is 2.10. The highest BCUT2D eigenvalue weighted by Gasteiger charge is 2.14. The first kappa shape index (κ1) is 12.6. The molecule has 0 aliphatic heterocycles. The van der Waals surface area contributed by atoms with Crippen molar-refractivity contribution >= 4 is 0 Å². The van der Waals surface area contributed by atoms with Gasteiger partial charge in [0.1, 0.15) is 5.82 Å². The smallest absolute Gasteiger partial charge is 0.165 e. The van der Waals surface area contributed by atoms with E-state index < -0.39 is 5.82 Å². The van der Waals surface area contributed by atoms with Crippen molar-refractivity contribution in [3.63, 3.8) is 0 Å². The highest BCUT2D eigenvalue weighted by molar-refractivity contribution is 5.36. The van der Waals surface area contributed by atoms with Gasteiger partial charge < -0.3 is 5.11 Å². The zero-order chi connectivity index (χ0) is 13.1. The van der Waals surface area contributed by atoms with Crippen LogP contribution in [0.4, 0.5) is 8.78 Å². The van der Waals surface area contributed by atoms with Crippen molar-refractivity contribution in [2.75, 3.05) is 0 Å². The summed E-state index contributed by atoms with van der Waals surface area (Å²) in [5, 5.41) is 9.18. The Morgan fingerprint density at radius 2 is 1.61 bits per heavy atom. The van der Waals surface area contributed by atoms with Crippen molar-refractivity contribution in [3.8, 4) is 5.75 Å². The summed E-state index contributed by atoms with van der Waals surface area (Å²) in [6, 6.07) is 10.6. The zero-order valence-electron chi connectivity index (χ0n) is 10.0. The second kappa shape index (κ2) is 5.17. The molecular weight excluding hydrogens is 234 g/mol. The molecule has 18 heavy (non-hydrogen) atoms. The molecule has 0 saturated carbocycles. The van der Waals surface area contributed by atoms with Gasteiger partial charge in [0.2, 0.25) is 0 Å². The summed E-state index contributed by atoms with van der Waals surface area (Å²) in [5.74, 6) is -1.27. The number of benzene rings is 2. The topological polar surface area (TPSA) is 20.2 Å². The van der Waals surface area contributed by atoms with E-state index >= 15 is 0 Å². The maximum Gasteiger partial charge on any atom is 0.165 e. The molecule has 3 heteroatoms. The van der Waals surface area contributed by atoms with Crippen LogP contribution in [0.5, 0.6) is 5.75 Å². The number of halogens is 2. The molecule has 1 unspecified atom stereocenters. The van der Waals surface area contributed by atoms with Gasteiger partial charge in [-0.25, -0.2) is 8.78 Å². The van der Waals surface area contributed by atoms with Crippen molar-refractivity contribution in [2.24, 2.45) is 0 Å². The van der Waals surface area contributed by atoms with Crippen LogP contribution in [0.2, 0.25) is 0 Å². The molecule has 0 heterocycles. The van der Waals surface area contributed by atoms with Gasteiger partial charge in [-0.3, -0.25) is 0 Å². The summed E-state index contributed by atoms with van der Waals surface area (Å²) >= 11 is 0. The number of hydrogen-bond acceptors (Lipinski definition) is 1. The quantitative estimate of drug-likeness (QED) is 0.862. The lowest BCUT2D eigenvalue weighted by atomic mass is 9.89. The Morgan fingerprint density at radius 3 is 2.17 bits per heavy atom. The monoisotopic (exact) mass is 248 g/mol. The van der Waals surface area contributed by atoms with Crippen LogP contribution < -0.4 is 0 Å². The van der Waals surface area contributed by atoms with Gasteiger partial charge in [0.15, 0.2) is 11.6 Å². The number of aromatic hydroxyl groups is 1. The van der Waals surface area contributed by atoms with E-state index in [1.165, 1.54) is 24.3 Å². The third kappa shape index (κ3) is 2.50. The molecule has 94 valence electrons. The van der Waals surface area contributed by atoms with Crippen molar-refractivity contribution in [1.82, 2.24) is 0 Å². The Bertz CT molecular complexity index is 535. The van der Waals surface area contributed by atoms with Gasteiger partial charge in [-0.05, 0) is 41.8 Å². The molecule has 2 aromatic rings. The SMILES string of the molecule is CCC(c1ccc(F)cc1)c1ccc(O)c(F)c1. The first-order valence-corrected chi connectivity index (χ1v) is 5.85. The predicted molar refractivity (Wildman–Crippen MR) is 66.6 cm³/mol. The van der Waals surface area contributed by atoms with Crippen LogP contribution in [-0.2, 0) is 0 Å². The van der Waals surface area contributed by atoms with Gasteiger partial charge in [-0.15, -0.1) is 0 Å². The fourth-order valence-corrected chi connectivity index (χ4v) is 2.10. The van der Waals surface area contributed by atoms with Crippen LogP contribution in [0.25, 0.3) is 0 Å². The minimum Gasteiger partial charge on any atom is -0.505 e. The van der Waals surface area contributed by atoms with Crippen LogP contribution in [0.1, 0.15) is 30.4 Å². The summed E-state index contributed by atoms with van der Waals surface area (Å²) in [6.45, 7) is 1.98. The van der Waals surface area contributed by atoms with Crippen molar-refractivity contribution in [2.45, 2.75) is 19.3 Å². The van der Waals surface area contributed by atoms with Crippen molar-refractivity contribution in [3.05, 3.63) is 65.2 Å². The molecule has 0 amide bonds. The summed E-state index contributed by atoms with van der Waals surface area (Å²) in [5.41, 5.74) is 1.71. The van der Waals surface area contributed by atoms with Gasteiger partial charge in [0.25, 0.3) is 0 Å². The first-order chi connectivity index (χ1) is 8.61.